The van der Waals surface area contributed by atoms with Gasteiger partial charge < -0.3 is 4.74 Å². The van der Waals surface area contributed by atoms with Gasteiger partial charge in [0.1, 0.15) is 24.7 Å². The Morgan fingerprint density at radius 1 is 1.07 bits per heavy atom. The van der Waals surface area contributed by atoms with E-state index in [4.69, 9.17) is 4.74 Å². The van der Waals surface area contributed by atoms with E-state index in [1.54, 1.807) is 5.01 Å². The molecule has 0 saturated heterocycles. The molecule has 0 bridgehead atoms. The Morgan fingerprint density at radius 3 is 2.79 bits per heavy atom. The van der Waals surface area contributed by atoms with Crippen molar-refractivity contribution in [1.29, 1.82) is 0 Å². The second-order valence-electron chi connectivity index (χ2n) is 6.82. The predicted molar refractivity (Wildman–Crippen MR) is 110 cm³/mol. The minimum absolute atomic E-state index is 0.0277. The minimum Gasteiger partial charge on any atom is -0.489 e. The van der Waals surface area contributed by atoms with Crippen molar-refractivity contribution >= 4 is 11.7 Å². The van der Waals surface area contributed by atoms with Crippen molar-refractivity contribution in [3.63, 3.8) is 0 Å². The van der Waals surface area contributed by atoms with Gasteiger partial charge in [-0.2, -0.15) is 0 Å². The first kappa shape index (κ1) is 18.0. The van der Waals surface area contributed by atoms with Gasteiger partial charge in [-0.05, 0) is 36.1 Å². The van der Waals surface area contributed by atoms with Gasteiger partial charge in [0.15, 0.2) is 0 Å². The Bertz CT molecular complexity index is 932. The van der Waals surface area contributed by atoms with Crippen LogP contribution in [0.25, 0.3) is 0 Å². The minimum atomic E-state index is -0.0277. The topological polar surface area (TPSA) is 53.9 Å². The molecule has 0 radical (unpaired) electrons. The van der Waals surface area contributed by atoms with E-state index in [0.717, 1.165) is 35.3 Å². The van der Waals surface area contributed by atoms with Gasteiger partial charge in [0, 0.05) is 5.56 Å². The maximum Gasteiger partial charge on any atom is 0.262 e. The van der Waals surface area contributed by atoms with Crippen LogP contribution in [0.5, 0.6) is 5.75 Å². The summed E-state index contributed by atoms with van der Waals surface area (Å²) in [6.07, 6.45) is 8.50. The van der Waals surface area contributed by atoms with Crippen LogP contribution in [-0.2, 0) is 11.4 Å². The molecule has 1 heterocycles. The number of hydrogen-bond donors (Lipinski definition) is 1. The molecule has 142 valence electrons. The summed E-state index contributed by atoms with van der Waals surface area (Å²) in [6, 6.07) is 17.8. The van der Waals surface area contributed by atoms with Crippen LogP contribution >= 0.6 is 0 Å². The van der Waals surface area contributed by atoms with Crippen LogP contribution in [0, 0.1) is 0 Å². The maximum absolute atomic E-state index is 12.3. The fraction of sp³-hybridized carbons (Fsp3) is 0.217. The highest BCUT2D eigenvalue weighted by atomic mass is 16.5. The van der Waals surface area contributed by atoms with Gasteiger partial charge in [-0.15, -0.1) is 0 Å². The van der Waals surface area contributed by atoms with Crippen molar-refractivity contribution < 1.29 is 9.53 Å². The molecule has 28 heavy (non-hydrogen) atoms. The Balaban J connectivity index is 1.43. The zero-order valence-electron chi connectivity index (χ0n) is 15.7. The molecule has 2 aromatic rings. The standard InChI is InChI=1S/C23H23N3O2/c27-22-15-24-23(25-26(22)16-18-8-3-1-4-9-18)20-12-7-13-21(14-20)28-17-19-10-5-2-6-11-19/h2-3,5-14H,1,4,15-17H2,(H,24,25). The summed E-state index contributed by atoms with van der Waals surface area (Å²) < 4.78 is 5.91. The molecule has 1 N–H and O–H groups in total. The van der Waals surface area contributed by atoms with Crippen LogP contribution in [-0.4, -0.2) is 29.8 Å². The van der Waals surface area contributed by atoms with Gasteiger partial charge in [-0.3, -0.25) is 15.2 Å². The number of hydrogen-bond acceptors (Lipinski definition) is 4. The fourth-order valence-corrected chi connectivity index (χ4v) is 3.18. The van der Waals surface area contributed by atoms with Crippen molar-refractivity contribution in [1.82, 2.24) is 10.4 Å². The van der Waals surface area contributed by atoms with E-state index < -0.39 is 0 Å². The van der Waals surface area contributed by atoms with Crippen molar-refractivity contribution in [2.75, 3.05) is 13.1 Å². The Labute approximate surface area is 165 Å². The van der Waals surface area contributed by atoms with Gasteiger partial charge in [0.05, 0.1) is 6.54 Å². The molecule has 1 amide bonds. The van der Waals surface area contributed by atoms with E-state index in [0.29, 0.717) is 19.0 Å². The van der Waals surface area contributed by atoms with E-state index in [1.807, 2.05) is 54.6 Å². The Hall–Kier alpha value is -3.34. The number of hydrazine groups is 1. The summed E-state index contributed by atoms with van der Waals surface area (Å²) in [7, 11) is 0. The predicted octanol–water partition coefficient (Wildman–Crippen LogP) is 3.64. The number of nitrogens with one attached hydrogen (secondary N) is 1. The van der Waals surface area contributed by atoms with Crippen molar-refractivity contribution in [3.8, 4) is 5.75 Å². The molecule has 0 spiro atoms. The summed E-state index contributed by atoms with van der Waals surface area (Å²) >= 11 is 0. The lowest BCUT2D eigenvalue weighted by Crippen LogP contribution is -2.51. The summed E-state index contributed by atoms with van der Waals surface area (Å²) in [6.45, 7) is 1.20. The number of rotatable bonds is 6. The third-order valence-electron chi connectivity index (χ3n) is 4.68. The molecule has 1 aliphatic carbocycles. The summed E-state index contributed by atoms with van der Waals surface area (Å²) in [5, 5.41) is 1.64. The molecule has 5 nitrogen and oxygen atoms in total. The molecule has 0 saturated carbocycles. The molecule has 5 heteroatoms. The van der Waals surface area contributed by atoms with E-state index >= 15 is 0 Å². The Kier molecular flexibility index (Phi) is 5.52. The highest BCUT2D eigenvalue weighted by Gasteiger charge is 2.22. The number of carbonyl (C=O) groups is 1. The summed E-state index contributed by atoms with van der Waals surface area (Å²) in [5.41, 5.74) is 6.33. The van der Waals surface area contributed by atoms with Crippen molar-refractivity contribution in [3.05, 3.63) is 89.5 Å². The highest BCUT2D eigenvalue weighted by molar-refractivity contribution is 6.02. The van der Waals surface area contributed by atoms with Crippen molar-refractivity contribution in [2.24, 2.45) is 4.99 Å². The van der Waals surface area contributed by atoms with Crippen LogP contribution in [0.3, 0.4) is 0 Å². The van der Waals surface area contributed by atoms with Gasteiger partial charge in [0.2, 0.25) is 0 Å². The number of benzene rings is 2. The number of ether oxygens (including phenoxy) is 1. The molecule has 4 rings (SSSR count). The first-order valence-corrected chi connectivity index (χ1v) is 9.52. The van der Waals surface area contributed by atoms with E-state index in [2.05, 4.69) is 28.6 Å². The summed E-state index contributed by atoms with van der Waals surface area (Å²) in [5.74, 6) is 1.43. The smallest absolute Gasteiger partial charge is 0.262 e. The van der Waals surface area contributed by atoms with Crippen molar-refractivity contribution in [2.45, 2.75) is 19.4 Å². The average molecular weight is 373 g/mol. The molecule has 2 aromatic carbocycles. The first-order valence-electron chi connectivity index (χ1n) is 9.52. The monoisotopic (exact) mass is 373 g/mol. The molecule has 0 fully saturated rings. The maximum atomic E-state index is 12.3. The van der Waals surface area contributed by atoms with E-state index in [1.165, 1.54) is 0 Å². The van der Waals surface area contributed by atoms with Gasteiger partial charge in [0.25, 0.3) is 5.91 Å². The third-order valence-corrected chi connectivity index (χ3v) is 4.68. The van der Waals surface area contributed by atoms with Gasteiger partial charge in [-0.25, -0.2) is 5.01 Å². The van der Waals surface area contributed by atoms with Crippen LogP contribution in [0.15, 0.2) is 83.4 Å². The second kappa shape index (κ2) is 8.57. The fourth-order valence-electron chi connectivity index (χ4n) is 3.18. The van der Waals surface area contributed by atoms with Gasteiger partial charge in [-0.1, -0.05) is 60.7 Å². The largest absolute Gasteiger partial charge is 0.489 e. The Morgan fingerprint density at radius 2 is 1.96 bits per heavy atom. The molecule has 2 aliphatic rings. The molecule has 1 aliphatic heterocycles. The zero-order chi connectivity index (χ0) is 19.2. The SMILES string of the molecule is O=C1CN=C(c2cccc(OCc3ccccc3)c2)NN1CC1=CCCC=C1. The molecular formula is C23H23N3O2. The number of allylic oxidation sites excluding steroid dienone is 2. The molecule has 0 aromatic heterocycles. The van der Waals surface area contributed by atoms with Gasteiger partial charge >= 0.3 is 0 Å². The molecular weight excluding hydrogens is 350 g/mol. The quantitative estimate of drug-likeness (QED) is 0.841. The highest BCUT2D eigenvalue weighted by Crippen LogP contribution is 2.17. The lowest BCUT2D eigenvalue weighted by Gasteiger charge is -2.29. The lowest BCUT2D eigenvalue weighted by molar-refractivity contribution is -0.131. The average Bonchev–Trinajstić information content (AvgIpc) is 2.75. The lowest BCUT2D eigenvalue weighted by atomic mass is 10.1. The molecule has 0 atom stereocenters. The third kappa shape index (κ3) is 4.49. The molecule has 0 unspecified atom stereocenters. The number of amidine groups is 1. The normalized spacial score (nSPS) is 16.3. The van der Waals surface area contributed by atoms with E-state index in [-0.39, 0.29) is 12.5 Å². The summed E-state index contributed by atoms with van der Waals surface area (Å²) in [4.78, 5) is 16.7. The zero-order valence-corrected chi connectivity index (χ0v) is 15.7. The van der Waals surface area contributed by atoms with Crippen LogP contribution in [0.4, 0.5) is 0 Å². The first-order chi connectivity index (χ1) is 13.8. The number of nitrogens with zero attached hydrogens (tertiary/aromatic N) is 2. The van der Waals surface area contributed by atoms with Crippen LogP contribution in [0.2, 0.25) is 0 Å². The number of aliphatic imine (C=N–C) groups is 1. The van der Waals surface area contributed by atoms with Crippen LogP contribution in [0.1, 0.15) is 24.0 Å². The number of carbonyl (C=O) groups excluding carboxylic acids is 1. The van der Waals surface area contributed by atoms with Crippen LogP contribution < -0.4 is 10.2 Å². The number of amides is 1. The second-order valence-corrected chi connectivity index (χ2v) is 6.82. The van der Waals surface area contributed by atoms with E-state index in [9.17, 15) is 4.79 Å².